The molecule has 20 heavy (non-hydrogen) atoms. The monoisotopic (exact) mass is 309 g/mol. The van der Waals surface area contributed by atoms with Gasteiger partial charge in [-0.3, -0.25) is 0 Å². The van der Waals surface area contributed by atoms with Crippen molar-refractivity contribution in [3.05, 3.63) is 64.9 Å². The zero-order valence-electron chi connectivity index (χ0n) is 11.2. The number of hydrogen-bond acceptors (Lipinski definition) is 2. The molecule has 0 spiro atoms. The molecule has 2 N–H and O–H groups in total. The molecule has 2 rings (SSSR count). The molecule has 0 aliphatic carbocycles. The second kappa shape index (κ2) is 7.11. The van der Waals surface area contributed by atoms with Crippen LogP contribution in [0.25, 0.3) is 0 Å². The summed E-state index contributed by atoms with van der Waals surface area (Å²) in [4.78, 5) is 0.995. The number of halogens is 2. The summed E-state index contributed by atoms with van der Waals surface area (Å²) in [5.41, 5.74) is 6.83. The van der Waals surface area contributed by atoms with Gasteiger partial charge >= 0.3 is 0 Å². The average molecular weight is 310 g/mol. The van der Waals surface area contributed by atoms with Crippen LogP contribution in [0.1, 0.15) is 24.2 Å². The maximum Gasteiger partial charge on any atom is 0.127 e. The second-order valence-corrected chi connectivity index (χ2v) is 6.24. The van der Waals surface area contributed by atoms with Crippen LogP contribution in [0.3, 0.4) is 0 Å². The molecule has 0 saturated heterocycles. The summed E-state index contributed by atoms with van der Waals surface area (Å²) in [7, 11) is 0. The van der Waals surface area contributed by atoms with Crippen LogP contribution in [0.15, 0.2) is 53.4 Å². The molecule has 2 atom stereocenters. The molecule has 1 nitrogen and oxygen atoms in total. The quantitative estimate of drug-likeness (QED) is 0.782. The van der Waals surface area contributed by atoms with E-state index in [-0.39, 0.29) is 17.1 Å². The maximum absolute atomic E-state index is 14.0. The maximum atomic E-state index is 14.0. The van der Waals surface area contributed by atoms with Gasteiger partial charge in [0.25, 0.3) is 0 Å². The van der Waals surface area contributed by atoms with Crippen molar-refractivity contribution >= 4 is 23.4 Å². The molecule has 0 aliphatic rings. The zero-order valence-corrected chi connectivity index (χ0v) is 12.8. The second-order valence-electron chi connectivity index (χ2n) is 4.59. The highest BCUT2D eigenvalue weighted by Gasteiger charge is 2.22. The lowest BCUT2D eigenvalue weighted by atomic mass is 10.0. The third-order valence-corrected chi connectivity index (χ3v) is 4.75. The van der Waals surface area contributed by atoms with Crippen molar-refractivity contribution in [3.63, 3.8) is 0 Å². The molecule has 2 aromatic carbocycles. The van der Waals surface area contributed by atoms with Gasteiger partial charge in [-0.2, -0.15) is 0 Å². The van der Waals surface area contributed by atoms with Crippen molar-refractivity contribution in [1.82, 2.24) is 0 Å². The van der Waals surface area contributed by atoms with Crippen LogP contribution in [0.4, 0.5) is 4.39 Å². The summed E-state index contributed by atoms with van der Waals surface area (Å²) in [5, 5.41) is 0.548. The van der Waals surface area contributed by atoms with Crippen molar-refractivity contribution in [3.8, 4) is 0 Å². The Hall–Kier alpha value is -1.03. The van der Waals surface area contributed by atoms with Gasteiger partial charge in [0.1, 0.15) is 5.82 Å². The minimum atomic E-state index is -0.212. The van der Waals surface area contributed by atoms with Crippen molar-refractivity contribution in [1.29, 1.82) is 0 Å². The van der Waals surface area contributed by atoms with Gasteiger partial charge in [-0.1, -0.05) is 42.8 Å². The number of thioether (sulfide) groups is 1. The van der Waals surface area contributed by atoms with Crippen LogP contribution in [-0.4, -0.2) is 6.04 Å². The first-order valence-corrected chi connectivity index (χ1v) is 7.79. The molecule has 0 aliphatic heterocycles. The molecule has 0 saturated carbocycles. The molecule has 0 amide bonds. The first-order valence-electron chi connectivity index (χ1n) is 6.54. The standard InChI is InChI=1S/C16H17ClFNS/c1-2-15(19)16(13-8-3-4-9-14(13)18)20-12-7-5-6-11(17)10-12/h3-10,15-16H,2,19H2,1H3. The minimum Gasteiger partial charge on any atom is -0.326 e. The fourth-order valence-electron chi connectivity index (χ4n) is 1.99. The lowest BCUT2D eigenvalue weighted by molar-refractivity contribution is 0.572. The van der Waals surface area contributed by atoms with E-state index < -0.39 is 0 Å². The highest BCUT2D eigenvalue weighted by atomic mass is 35.5. The Morgan fingerprint density at radius 2 is 1.95 bits per heavy atom. The van der Waals surface area contributed by atoms with Gasteiger partial charge in [0, 0.05) is 21.5 Å². The SMILES string of the molecule is CCC(N)C(Sc1cccc(Cl)c1)c1ccccc1F. The zero-order chi connectivity index (χ0) is 14.5. The van der Waals surface area contributed by atoms with Crippen molar-refractivity contribution < 1.29 is 4.39 Å². The van der Waals surface area contributed by atoms with E-state index in [0.29, 0.717) is 10.6 Å². The summed E-state index contributed by atoms with van der Waals surface area (Å²) in [5.74, 6) is -0.212. The van der Waals surface area contributed by atoms with Gasteiger partial charge in [0.05, 0.1) is 5.25 Å². The molecule has 0 fully saturated rings. The normalized spacial score (nSPS) is 14.0. The van der Waals surface area contributed by atoms with Gasteiger partial charge in [0.15, 0.2) is 0 Å². The molecular weight excluding hydrogens is 293 g/mol. The van der Waals surface area contributed by atoms with E-state index in [4.69, 9.17) is 17.3 Å². The molecule has 106 valence electrons. The van der Waals surface area contributed by atoms with Crippen molar-refractivity contribution in [2.24, 2.45) is 5.73 Å². The van der Waals surface area contributed by atoms with Crippen LogP contribution in [0, 0.1) is 5.82 Å². The van der Waals surface area contributed by atoms with Gasteiger partial charge in [-0.15, -0.1) is 11.8 Å². The molecule has 0 heterocycles. The number of nitrogens with two attached hydrogens (primary N) is 1. The van der Waals surface area contributed by atoms with Gasteiger partial charge in [-0.25, -0.2) is 4.39 Å². The third-order valence-electron chi connectivity index (χ3n) is 3.13. The first kappa shape index (κ1) is 15.4. The Morgan fingerprint density at radius 1 is 1.20 bits per heavy atom. The smallest absolute Gasteiger partial charge is 0.127 e. The number of benzene rings is 2. The molecule has 2 unspecified atom stereocenters. The summed E-state index contributed by atoms with van der Waals surface area (Å²) in [6, 6.07) is 14.2. The molecule has 4 heteroatoms. The van der Waals surface area contributed by atoms with E-state index in [9.17, 15) is 4.39 Å². The Bertz CT molecular complexity index is 576. The largest absolute Gasteiger partial charge is 0.326 e. The number of rotatable bonds is 5. The van der Waals surface area contributed by atoms with E-state index in [0.717, 1.165) is 11.3 Å². The Balaban J connectivity index is 2.32. The van der Waals surface area contributed by atoms with Gasteiger partial charge < -0.3 is 5.73 Å². The Morgan fingerprint density at radius 3 is 2.60 bits per heavy atom. The Kier molecular flexibility index (Phi) is 5.46. The van der Waals surface area contributed by atoms with Gasteiger partial charge in [0.2, 0.25) is 0 Å². The predicted octanol–water partition coefficient (Wildman–Crippen LogP) is 5.05. The summed E-state index contributed by atoms with van der Waals surface area (Å²) in [6.07, 6.45) is 0.784. The molecule has 0 radical (unpaired) electrons. The van der Waals surface area contributed by atoms with E-state index in [1.165, 1.54) is 6.07 Å². The first-order chi connectivity index (χ1) is 9.61. The van der Waals surface area contributed by atoms with Crippen LogP contribution in [0.5, 0.6) is 0 Å². The lowest BCUT2D eigenvalue weighted by Gasteiger charge is -2.23. The Labute approximate surface area is 128 Å². The van der Waals surface area contributed by atoms with E-state index in [1.54, 1.807) is 23.9 Å². The fourth-order valence-corrected chi connectivity index (χ4v) is 3.57. The highest BCUT2D eigenvalue weighted by molar-refractivity contribution is 7.99. The fraction of sp³-hybridized carbons (Fsp3) is 0.250. The minimum absolute atomic E-state index is 0.115. The van der Waals surface area contributed by atoms with E-state index in [1.807, 2.05) is 37.3 Å². The van der Waals surface area contributed by atoms with Crippen molar-refractivity contribution in [2.75, 3.05) is 0 Å². The van der Waals surface area contributed by atoms with Crippen LogP contribution in [0.2, 0.25) is 5.02 Å². The van der Waals surface area contributed by atoms with Gasteiger partial charge in [-0.05, 0) is 30.7 Å². The molecule has 0 aromatic heterocycles. The van der Waals surface area contributed by atoms with Crippen LogP contribution in [-0.2, 0) is 0 Å². The van der Waals surface area contributed by atoms with Crippen molar-refractivity contribution in [2.45, 2.75) is 29.5 Å². The van der Waals surface area contributed by atoms with E-state index >= 15 is 0 Å². The number of hydrogen-bond donors (Lipinski definition) is 1. The lowest BCUT2D eigenvalue weighted by Crippen LogP contribution is -2.26. The molecule has 2 aromatic rings. The third kappa shape index (κ3) is 3.75. The summed E-state index contributed by atoms with van der Waals surface area (Å²) in [6.45, 7) is 2.01. The molecule has 0 bridgehead atoms. The summed E-state index contributed by atoms with van der Waals surface area (Å²) >= 11 is 7.55. The predicted molar refractivity (Wildman–Crippen MR) is 84.7 cm³/mol. The topological polar surface area (TPSA) is 26.0 Å². The summed E-state index contributed by atoms with van der Waals surface area (Å²) < 4.78 is 14.0. The van der Waals surface area contributed by atoms with Crippen LogP contribution < -0.4 is 5.73 Å². The van der Waals surface area contributed by atoms with E-state index in [2.05, 4.69) is 0 Å². The highest BCUT2D eigenvalue weighted by Crippen LogP contribution is 2.39. The average Bonchev–Trinajstić information content (AvgIpc) is 2.45. The van der Waals surface area contributed by atoms with Crippen LogP contribution >= 0.6 is 23.4 Å². The molecular formula is C16H17ClFNS.